The highest BCUT2D eigenvalue weighted by molar-refractivity contribution is 6.29. The van der Waals surface area contributed by atoms with Gasteiger partial charge in [0.25, 0.3) is 0 Å². The average Bonchev–Trinajstić information content (AvgIpc) is 2.86. The molecule has 1 aromatic carbocycles. The van der Waals surface area contributed by atoms with Gasteiger partial charge in [-0.15, -0.1) is 10.2 Å². The number of unbranched alkanes of at least 4 members (excludes halogenated alkanes) is 7. The first kappa shape index (κ1) is 25.0. The second-order valence-electron chi connectivity index (χ2n) is 9.15. The number of amides is 1. The van der Waals surface area contributed by atoms with Crippen molar-refractivity contribution in [1.82, 2.24) is 20.0 Å². The molecule has 0 aliphatic heterocycles. The van der Waals surface area contributed by atoms with Gasteiger partial charge in [0.05, 0.1) is 5.69 Å². The van der Waals surface area contributed by atoms with E-state index in [1.165, 1.54) is 36.0 Å². The molecule has 0 fully saturated rings. The van der Waals surface area contributed by atoms with Crippen molar-refractivity contribution < 1.29 is 4.79 Å². The summed E-state index contributed by atoms with van der Waals surface area (Å²) in [5, 5.41) is 23.8. The molecular formula is C27H33ClN6O. The third-order valence-corrected chi connectivity index (χ3v) is 6.67. The maximum absolute atomic E-state index is 12.0. The van der Waals surface area contributed by atoms with E-state index in [4.69, 9.17) is 22.1 Å². The molecule has 0 unspecified atom stereocenters. The predicted octanol–water partition coefficient (Wildman–Crippen LogP) is 5.72. The first-order chi connectivity index (χ1) is 17.1. The Morgan fingerprint density at radius 2 is 1.63 bits per heavy atom. The fourth-order valence-corrected chi connectivity index (χ4v) is 4.67. The Morgan fingerprint density at radius 3 is 2.40 bits per heavy atom. The Morgan fingerprint density at radius 1 is 0.914 bits per heavy atom. The van der Waals surface area contributed by atoms with Crippen LogP contribution in [-0.2, 0) is 24.2 Å². The fraction of sp³-hybridized carbons (Fsp3) is 0.444. The highest BCUT2D eigenvalue weighted by atomic mass is 35.5. The summed E-state index contributed by atoms with van der Waals surface area (Å²) >= 11 is 5.70. The number of rotatable bonds is 12. The normalized spacial score (nSPS) is 12.1. The number of anilines is 1. The molecule has 7 nitrogen and oxygen atoms in total. The molecule has 1 aliphatic carbocycles. The summed E-state index contributed by atoms with van der Waals surface area (Å²) in [6.07, 6.45) is 11.3. The van der Waals surface area contributed by atoms with Crippen molar-refractivity contribution in [3.63, 3.8) is 0 Å². The molecule has 2 aromatic heterocycles. The summed E-state index contributed by atoms with van der Waals surface area (Å²) in [7, 11) is 0. The number of carbonyl (C=O) groups excluding carboxylic acids is 1. The molecule has 0 saturated carbocycles. The van der Waals surface area contributed by atoms with Crippen molar-refractivity contribution in [1.29, 1.82) is 5.41 Å². The lowest BCUT2D eigenvalue weighted by Crippen LogP contribution is -2.25. The topological polar surface area (TPSA) is 96.5 Å². The standard InChI is InChI=1S/C27H33ClN6O/c28-23-16-17-25(32-31-23)30-26(35)13-7-5-3-1-2-4-6-10-18-34-24(29)19-21-15-14-20-11-8-9-12-22(20)27(21)33-34/h8-9,11-12,16-17,19,29H,1-7,10,13-15,18H2,(H,30,32,35). The summed E-state index contributed by atoms with van der Waals surface area (Å²) in [5.41, 5.74) is 5.33. The predicted molar refractivity (Wildman–Crippen MR) is 138 cm³/mol. The molecule has 8 heteroatoms. The number of nitrogens with one attached hydrogen (secondary N) is 2. The summed E-state index contributed by atoms with van der Waals surface area (Å²) in [4.78, 5) is 12.0. The Labute approximate surface area is 211 Å². The number of aryl methyl sites for hydroxylation is 3. The molecule has 0 saturated heterocycles. The molecule has 2 N–H and O–H groups in total. The number of carbonyl (C=O) groups is 1. The van der Waals surface area contributed by atoms with E-state index in [9.17, 15) is 4.79 Å². The minimum atomic E-state index is -0.0350. The van der Waals surface area contributed by atoms with Crippen molar-refractivity contribution in [2.75, 3.05) is 5.32 Å². The number of nitrogens with zero attached hydrogens (tertiary/aromatic N) is 4. The molecule has 0 atom stereocenters. The summed E-state index contributed by atoms with van der Waals surface area (Å²) in [6.45, 7) is 0.793. The van der Waals surface area contributed by atoms with Gasteiger partial charge >= 0.3 is 0 Å². The van der Waals surface area contributed by atoms with Crippen LogP contribution in [-0.4, -0.2) is 25.9 Å². The molecule has 0 spiro atoms. The Balaban J connectivity index is 1.08. The first-order valence-electron chi connectivity index (χ1n) is 12.6. The van der Waals surface area contributed by atoms with E-state index in [-0.39, 0.29) is 5.91 Å². The van der Waals surface area contributed by atoms with Crippen LogP contribution in [0.25, 0.3) is 11.3 Å². The number of halogens is 1. The lowest BCUT2D eigenvalue weighted by molar-refractivity contribution is -0.116. The molecule has 0 bridgehead atoms. The van der Waals surface area contributed by atoms with Gasteiger partial charge in [-0.2, -0.15) is 5.10 Å². The molecule has 1 aliphatic rings. The Hall–Kier alpha value is -3.06. The number of hydrogen-bond donors (Lipinski definition) is 2. The first-order valence-corrected chi connectivity index (χ1v) is 13.0. The van der Waals surface area contributed by atoms with Crippen molar-refractivity contribution in [3.8, 4) is 11.3 Å². The largest absolute Gasteiger partial charge is 0.309 e. The molecular weight excluding hydrogens is 460 g/mol. The maximum Gasteiger partial charge on any atom is 0.225 e. The number of fused-ring (bicyclic) bond motifs is 3. The van der Waals surface area contributed by atoms with Gasteiger partial charge in [-0.3, -0.25) is 10.2 Å². The van der Waals surface area contributed by atoms with Gasteiger partial charge in [-0.1, -0.05) is 74.4 Å². The third-order valence-electron chi connectivity index (χ3n) is 6.47. The zero-order chi connectivity index (χ0) is 24.5. The van der Waals surface area contributed by atoms with Crippen LogP contribution in [0.2, 0.25) is 5.15 Å². The second kappa shape index (κ2) is 12.6. The smallest absolute Gasteiger partial charge is 0.225 e. The van der Waals surface area contributed by atoms with E-state index in [0.717, 1.165) is 57.2 Å². The van der Waals surface area contributed by atoms with Crippen molar-refractivity contribution >= 4 is 23.3 Å². The highest BCUT2D eigenvalue weighted by Gasteiger charge is 2.18. The van der Waals surface area contributed by atoms with E-state index < -0.39 is 0 Å². The zero-order valence-corrected chi connectivity index (χ0v) is 20.9. The minimum Gasteiger partial charge on any atom is -0.309 e. The van der Waals surface area contributed by atoms with Crippen LogP contribution >= 0.6 is 11.6 Å². The van der Waals surface area contributed by atoms with Gasteiger partial charge in [0.15, 0.2) is 11.0 Å². The van der Waals surface area contributed by atoms with Crippen LogP contribution in [0.5, 0.6) is 0 Å². The number of hydrogen-bond acceptors (Lipinski definition) is 5. The maximum atomic E-state index is 12.0. The fourth-order valence-electron chi connectivity index (χ4n) is 4.57. The average molecular weight is 493 g/mol. The van der Waals surface area contributed by atoms with Crippen LogP contribution in [0.4, 0.5) is 5.82 Å². The zero-order valence-electron chi connectivity index (χ0n) is 20.1. The van der Waals surface area contributed by atoms with Crippen LogP contribution in [0.15, 0.2) is 42.5 Å². The van der Waals surface area contributed by atoms with Gasteiger partial charge in [0, 0.05) is 18.5 Å². The van der Waals surface area contributed by atoms with E-state index in [1.54, 1.807) is 12.1 Å². The molecule has 184 valence electrons. The summed E-state index contributed by atoms with van der Waals surface area (Å²) in [6, 6.07) is 13.8. The van der Waals surface area contributed by atoms with Crippen LogP contribution in [0, 0.1) is 5.41 Å². The molecule has 1 amide bonds. The van der Waals surface area contributed by atoms with E-state index >= 15 is 0 Å². The lowest BCUT2D eigenvalue weighted by Gasteiger charge is -2.20. The number of benzene rings is 1. The van der Waals surface area contributed by atoms with Crippen molar-refractivity contribution in [2.24, 2.45) is 0 Å². The van der Waals surface area contributed by atoms with Gasteiger partial charge in [-0.05, 0) is 55.0 Å². The van der Waals surface area contributed by atoms with Gasteiger partial charge in [0.1, 0.15) is 5.49 Å². The van der Waals surface area contributed by atoms with Crippen molar-refractivity contribution in [2.45, 2.75) is 77.2 Å². The van der Waals surface area contributed by atoms with E-state index in [2.05, 4.69) is 39.8 Å². The van der Waals surface area contributed by atoms with Crippen LogP contribution in [0.3, 0.4) is 0 Å². The molecule has 2 heterocycles. The lowest BCUT2D eigenvalue weighted by atomic mass is 9.89. The summed E-state index contributed by atoms with van der Waals surface area (Å²) < 4.78 is 1.86. The quantitative estimate of drug-likeness (QED) is 0.316. The van der Waals surface area contributed by atoms with E-state index in [1.807, 2.05) is 10.7 Å². The van der Waals surface area contributed by atoms with Gasteiger partial charge in [0.2, 0.25) is 5.91 Å². The second-order valence-corrected chi connectivity index (χ2v) is 9.54. The van der Waals surface area contributed by atoms with Gasteiger partial charge < -0.3 is 5.32 Å². The van der Waals surface area contributed by atoms with Gasteiger partial charge in [-0.25, -0.2) is 4.68 Å². The molecule has 35 heavy (non-hydrogen) atoms. The van der Waals surface area contributed by atoms with Crippen molar-refractivity contribution in [3.05, 3.63) is 64.2 Å². The number of aromatic nitrogens is 4. The Bertz CT molecular complexity index is 1190. The minimum absolute atomic E-state index is 0.0350. The van der Waals surface area contributed by atoms with E-state index in [0.29, 0.717) is 22.9 Å². The SMILES string of the molecule is N=c1cc2c(nn1CCCCCCCCCCC(=O)Nc1ccc(Cl)nn1)-c1ccccc1CC2. The third kappa shape index (κ3) is 7.21. The molecule has 0 radical (unpaired) electrons. The molecule has 3 aromatic rings. The summed E-state index contributed by atoms with van der Waals surface area (Å²) in [5.74, 6) is 0.401. The van der Waals surface area contributed by atoms with Crippen LogP contribution in [0.1, 0.15) is 68.9 Å². The highest BCUT2D eigenvalue weighted by Crippen LogP contribution is 2.30. The molecule has 4 rings (SSSR count). The van der Waals surface area contributed by atoms with Crippen LogP contribution < -0.4 is 10.8 Å². The Kier molecular flexibility index (Phi) is 9.01. The monoisotopic (exact) mass is 492 g/mol.